The summed E-state index contributed by atoms with van der Waals surface area (Å²) >= 11 is 0. The third-order valence-electron chi connectivity index (χ3n) is 3.09. The molecule has 1 aliphatic heterocycles. The first-order valence-corrected chi connectivity index (χ1v) is 5.91. The van der Waals surface area contributed by atoms with Crippen molar-refractivity contribution in [2.45, 2.75) is 18.9 Å². The van der Waals surface area contributed by atoms with E-state index in [0.29, 0.717) is 4.90 Å². The van der Waals surface area contributed by atoms with Gasteiger partial charge in [0.05, 0.1) is 11.1 Å². The summed E-state index contributed by atoms with van der Waals surface area (Å²) in [6.45, 7) is 0. The van der Waals surface area contributed by atoms with E-state index in [1.54, 1.807) is 12.1 Å². The van der Waals surface area contributed by atoms with Gasteiger partial charge in [0.25, 0.3) is 11.8 Å². The number of nitrogens with zero attached hydrogens (tertiary/aromatic N) is 1. The van der Waals surface area contributed by atoms with Crippen molar-refractivity contribution in [1.29, 1.82) is 0 Å². The van der Waals surface area contributed by atoms with Gasteiger partial charge < -0.3 is 10.8 Å². The zero-order valence-electron chi connectivity index (χ0n) is 11.4. The maximum absolute atomic E-state index is 12.1. The minimum Gasteiger partial charge on any atom is -0.480 e. The van der Waals surface area contributed by atoms with Crippen molar-refractivity contribution >= 4 is 23.7 Å². The molecule has 1 unspecified atom stereocenters. The molecule has 3 amide bonds. The molecule has 0 saturated heterocycles. The summed E-state index contributed by atoms with van der Waals surface area (Å²) in [5, 5.41) is 9.16. The van der Waals surface area contributed by atoms with Gasteiger partial charge in [-0.25, -0.2) is 4.79 Å². The first-order chi connectivity index (χ1) is 9.43. The molecule has 1 aliphatic rings. The van der Waals surface area contributed by atoms with Crippen LogP contribution in [-0.4, -0.2) is 39.7 Å². The van der Waals surface area contributed by atoms with Crippen LogP contribution in [0.25, 0.3) is 0 Å². The first-order valence-electron chi connectivity index (χ1n) is 5.91. The minimum atomic E-state index is -1.39. The van der Waals surface area contributed by atoms with E-state index >= 15 is 0 Å². The molecule has 0 saturated carbocycles. The Hall–Kier alpha value is -1.70. The quantitative estimate of drug-likeness (QED) is 0.444. The van der Waals surface area contributed by atoms with Gasteiger partial charge in [-0.15, -0.1) is 0 Å². The summed E-state index contributed by atoms with van der Waals surface area (Å²) in [5.74, 6) is -3.36. The normalized spacial score (nSPS) is 14.4. The van der Waals surface area contributed by atoms with Crippen molar-refractivity contribution in [2.24, 2.45) is 5.73 Å². The van der Waals surface area contributed by atoms with Crippen LogP contribution in [0.5, 0.6) is 0 Å². The fraction of sp³-hybridized carbons (Fsp3) is 0.231. The van der Waals surface area contributed by atoms with E-state index in [1.807, 2.05) is 0 Å². The van der Waals surface area contributed by atoms with Gasteiger partial charge in [-0.2, -0.15) is 0 Å². The number of hydrogen-bond donors (Lipinski definition) is 2. The summed E-state index contributed by atoms with van der Waals surface area (Å²) in [7, 11) is 0. The Kier molecular flexibility index (Phi) is 5.65. The van der Waals surface area contributed by atoms with E-state index in [1.165, 1.54) is 12.1 Å². The van der Waals surface area contributed by atoms with Crippen LogP contribution in [0.2, 0.25) is 0 Å². The summed E-state index contributed by atoms with van der Waals surface area (Å²) in [5.41, 5.74) is 5.31. The Morgan fingerprint density at radius 1 is 1.14 bits per heavy atom. The Balaban J connectivity index is 0.00000220. The van der Waals surface area contributed by atoms with Crippen LogP contribution in [-0.2, 0) is 9.59 Å². The molecule has 1 aromatic rings. The van der Waals surface area contributed by atoms with Crippen LogP contribution in [0.4, 0.5) is 0 Å². The van der Waals surface area contributed by atoms with Crippen molar-refractivity contribution in [3.8, 4) is 0 Å². The molecule has 7 nitrogen and oxygen atoms in total. The number of primary amides is 1. The molecular formula is C13H12N2NaO5+. The number of hydrogen-bond acceptors (Lipinski definition) is 4. The van der Waals surface area contributed by atoms with Crippen LogP contribution in [0.15, 0.2) is 24.3 Å². The summed E-state index contributed by atoms with van der Waals surface area (Å²) < 4.78 is 0. The van der Waals surface area contributed by atoms with Crippen LogP contribution >= 0.6 is 0 Å². The van der Waals surface area contributed by atoms with E-state index in [-0.39, 0.29) is 53.5 Å². The predicted octanol–water partition coefficient (Wildman–Crippen LogP) is -2.99. The summed E-state index contributed by atoms with van der Waals surface area (Å²) in [6.07, 6.45) is -0.416. The number of aliphatic carboxylic acids is 1. The molecule has 0 bridgehead atoms. The molecule has 8 heteroatoms. The molecular weight excluding hydrogens is 287 g/mol. The SMILES string of the molecule is NC(=O)CCC(C(=O)O)N1C(=O)c2ccccc2C1=O.[Na+]. The summed E-state index contributed by atoms with van der Waals surface area (Å²) in [6, 6.07) is 4.71. The number of amides is 3. The average Bonchev–Trinajstić information content (AvgIpc) is 2.64. The monoisotopic (exact) mass is 299 g/mol. The molecule has 104 valence electrons. The van der Waals surface area contributed by atoms with E-state index in [2.05, 4.69) is 0 Å². The smallest absolute Gasteiger partial charge is 0.480 e. The first kappa shape index (κ1) is 17.4. The van der Waals surface area contributed by atoms with Crippen LogP contribution in [0.3, 0.4) is 0 Å². The van der Waals surface area contributed by atoms with Gasteiger partial charge in [0.2, 0.25) is 5.91 Å². The van der Waals surface area contributed by atoms with Gasteiger partial charge >= 0.3 is 35.5 Å². The molecule has 0 aliphatic carbocycles. The maximum atomic E-state index is 12.1. The molecule has 3 N–H and O–H groups in total. The van der Waals surface area contributed by atoms with Crippen LogP contribution in [0, 0.1) is 0 Å². The standard InChI is InChI=1S/C13H12N2O5.Na/c14-10(16)6-5-9(13(19)20)15-11(17)7-3-1-2-4-8(7)12(15)18;/h1-4,9H,5-6H2,(H2,14,16)(H,19,20);/q;+1. The Morgan fingerprint density at radius 2 is 1.62 bits per heavy atom. The fourth-order valence-corrected chi connectivity index (χ4v) is 2.13. The number of nitrogens with two attached hydrogens (primary N) is 1. The Labute approximate surface area is 142 Å². The van der Waals surface area contributed by atoms with Gasteiger partial charge in [-0.3, -0.25) is 19.3 Å². The van der Waals surface area contributed by atoms with Crippen LogP contribution in [0.1, 0.15) is 33.6 Å². The van der Waals surface area contributed by atoms with Gasteiger partial charge in [0.1, 0.15) is 6.04 Å². The van der Waals surface area contributed by atoms with Gasteiger partial charge in [-0.1, -0.05) is 12.1 Å². The van der Waals surface area contributed by atoms with Crippen LogP contribution < -0.4 is 35.3 Å². The average molecular weight is 299 g/mol. The number of carboxylic acid groups (broad SMARTS) is 1. The van der Waals surface area contributed by atoms with E-state index in [0.717, 1.165) is 0 Å². The fourth-order valence-electron chi connectivity index (χ4n) is 2.13. The van der Waals surface area contributed by atoms with Crippen molar-refractivity contribution in [3.05, 3.63) is 35.4 Å². The Bertz CT molecular complexity index is 581. The largest absolute Gasteiger partial charge is 1.00 e. The maximum Gasteiger partial charge on any atom is 1.00 e. The van der Waals surface area contributed by atoms with Crippen molar-refractivity contribution in [2.75, 3.05) is 0 Å². The third kappa shape index (κ3) is 3.31. The number of benzene rings is 1. The molecule has 0 spiro atoms. The van der Waals surface area contributed by atoms with Gasteiger partial charge in [0.15, 0.2) is 0 Å². The second-order valence-corrected chi connectivity index (χ2v) is 4.38. The molecule has 0 fully saturated rings. The van der Waals surface area contributed by atoms with E-state index in [4.69, 9.17) is 10.8 Å². The number of imide groups is 1. The predicted molar refractivity (Wildman–Crippen MR) is 66.8 cm³/mol. The number of fused-ring (bicyclic) bond motifs is 1. The number of rotatable bonds is 5. The molecule has 21 heavy (non-hydrogen) atoms. The van der Waals surface area contributed by atoms with Crippen molar-refractivity contribution in [1.82, 2.24) is 4.90 Å². The second-order valence-electron chi connectivity index (χ2n) is 4.38. The molecule has 0 radical (unpaired) electrons. The minimum absolute atomic E-state index is 0. The van der Waals surface area contributed by atoms with Gasteiger partial charge in [-0.05, 0) is 18.6 Å². The molecule has 1 heterocycles. The van der Waals surface area contributed by atoms with Crippen molar-refractivity contribution < 1.29 is 53.8 Å². The van der Waals surface area contributed by atoms with Gasteiger partial charge in [0, 0.05) is 6.42 Å². The third-order valence-corrected chi connectivity index (χ3v) is 3.09. The number of carbonyl (C=O) groups is 4. The number of carboxylic acids is 1. The molecule has 1 aromatic carbocycles. The van der Waals surface area contributed by atoms with E-state index < -0.39 is 29.7 Å². The number of carbonyl (C=O) groups excluding carboxylic acids is 3. The molecule has 1 atom stereocenters. The molecule has 2 rings (SSSR count). The zero-order valence-corrected chi connectivity index (χ0v) is 13.4. The Morgan fingerprint density at radius 3 is 2.00 bits per heavy atom. The van der Waals surface area contributed by atoms with E-state index in [9.17, 15) is 19.2 Å². The molecule has 0 aromatic heterocycles. The topological polar surface area (TPSA) is 118 Å². The zero-order chi connectivity index (χ0) is 14.9. The van der Waals surface area contributed by atoms with Crippen molar-refractivity contribution in [3.63, 3.8) is 0 Å². The summed E-state index contributed by atoms with van der Waals surface area (Å²) in [4.78, 5) is 46.9. The second kappa shape index (κ2) is 6.84.